The summed E-state index contributed by atoms with van der Waals surface area (Å²) in [7, 11) is 0. The van der Waals surface area contributed by atoms with Gasteiger partial charge in [-0.15, -0.1) is 0 Å². The topological polar surface area (TPSA) is 38.8 Å². The molecule has 1 aromatic carbocycles. The highest BCUT2D eigenvalue weighted by atomic mass is 16.7. The smallest absolute Gasteiger partial charge is 0.254 e. The van der Waals surface area contributed by atoms with Crippen molar-refractivity contribution >= 4 is 11.5 Å². The normalized spacial score (nSPS) is 28.9. The van der Waals surface area contributed by atoms with Crippen molar-refractivity contribution < 1.29 is 14.3 Å². The Balaban J connectivity index is 1.81. The van der Waals surface area contributed by atoms with Crippen LogP contribution in [0.15, 0.2) is 30.3 Å². The zero-order valence-electron chi connectivity index (χ0n) is 11.2. The van der Waals surface area contributed by atoms with E-state index in [0.29, 0.717) is 6.54 Å². The highest BCUT2D eigenvalue weighted by Crippen LogP contribution is 2.32. The molecule has 3 aliphatic rings. The highest BCUT2D eigenvalue weighted by molar-refractivity contribution is 5.83. The second-order valence-corrected chi connectivity index (χ2v) is 5.54. The average Bonchev–Trinajstić information content (AvgIpc) is 2.87. The summed E-state index contributed by atoms with van der Waals surface area (Å²) in [5, 5.41) is 0. The van der Waals surface area contributed by atoms with Gasteiger partial charge in [-0.3, -0.25) is 4.79 Å². The number of carbonyl (C=O) groups excluding carboxylic acids is 1. The van der Waals surface area contributed by atoms with Crippen LogP contribution in [0.4, 0.5) is 0 Å². The van der Waals surface area contributed by atoms with E-state index in [4.69, 9.17) is 9.47 Å². The number of ether oxygens (including phenoxy) is 2. The fraction of sp³-hybridized carbons (Fsp3) is 0.438. The molecule has 20 heavy (non-hydrogen) atoms. The van der Waals surface area contributed by atoms with E-state index in [0.717, 1.165) is 19.4 Å². The molecule has 0 spiro atoms. The van der Waals surface area contributed by atoms with Gasteiger partial charge in [0.2, 0.25) is 0 Å². The molecule has 2 atom stereocenters. The minimum Gasteiger partial charge on any atom is -0.349 e. The first-order valence-electron chi connectivity index (χ1n) is 7.12. The lowest BCUT2D eigenvalue weighted by atomic mass is 9.96. The summed E-state index contributed by atoms with van der Waals surface area (Å²) in [6.45, 7) is 1.65. The first kappa shape index (κ1) is 12.1. The Hall–Kier alpha value is -1.65. The zero-order valence-corrected chi connectivity index (χ0v) is 11.2. The van der Waals surface area contributed by atoms with Crippen LogP contribution >= 0.6 is 0 Å². The fourth-order valence-corrected chi connectivity index (χ4v) is 3.30. The molecule has 4 heteroatoms. The Bertz CT molecular complexity index is 581. The minimum absolute atomic E-state index is 0.0684. The number of fused-ring (bicyclic) bond motifs is 6. The molecule has 4 rings (SSSR count). The van der Waals surface area contributed by atoms with Gasteiger partial charge in [-0.2, -0.15) is 0 Å². The first-order valence-corrected chi connectivity index (χ1v) is 7.12. The maximum Gasteiger partial charge on any atom is 0.254 e. The molecule has 1 amide bonds. The van der Waals surface area contributed by atoms with Crippen LogP contribution in [0.1, 0.15) is 24.0 Å². The largest absolute Gasteiger partial charge is 0.349 e. The number of nitrogens with zero attached hydrogens (tertiary/aromatic N) is 1. The summed E-state index contributed by atoms with van der Waals surface area (Å²) < 4.78 is 11.1. The van der Waals surface area contributed by atoms with Crippen LogP contribution in [-0.4, -0.2) is 36.4 Å². The van der Waals surface area contributed by atoms with Crippen molar-refractivity contribution in [1.82, 2.24) is 4.90 Å². The average molecular weight is 271 g/mol. The molecule has 104 valence electrons. The Kier molecular flexibility index (Phi) is 2.86. The molecule has 1 fully saturated rings. The van der Waals surface area contributed by atoms with Crippen LogP contribution in [-0.2, 0) is 20.8 Å². The number of benzene rings is 1. The fourth-order valence-electron chi connectivity index (χ4n) is 3.30. The quantitative estimate of drug-likeness (QED) is 0.724. The molecule has 3 aliphatic heterocycles. The van der Waals surface area contributed by atoms with E-state index in [9.17, 15) is 4.79 Å². The van der Waals surface area contributed by atoms with Crippen LogP contribution in [0.25, 0.3) is 5.57 Å². The number of hydrogen-bond donors (Lipinski definition) is 0. The molecule has 0 aromatic heterocycles. The van der Waals surface area contributed by atoms with E-state index < -0.39 is 6.10 Å². The zero-order chi connectivity index (χ0) is 13.5. The first-order chi connectivity index (χ1) is 9.83. The van der Waals surface area contributed by atoms with Crippen molar-refractivity contribution in [2.45, 2.75) is 31.6 Å². The standard InChI is InChI=1S/C16H17NO3/c18-16-15-14(19-10-20-15)6-5-11-7-8-17(16)9-12-3-1-2-4-13(11)12/h1-5,14-15H,6-10H2. The highest BCUT2D eigenvalue weighted by Gasteiger charge is 2.39. The molecule has 2 bridgehead atoms. The van der Waals surface area contributed by atoms with Gasteiger partial charge in [0.25, 0.3) is 5.91 Å². The molecule has 1 aromatic rings. The summed E-state index contributed by atoms with van der Waals surface area (Å²) in [5.74, 6) is 0.0684. The molecular formula is C16H17NO3. The molecule has 0 N–H and O–H groups in total. The Morgan fingerprint density at radius 3 is 3.05 bits per heavy atom. The maximum absolute atomic E-state index is 12.6. The van der Waals surface area contributed by atoms with E-state index in [1.54, 1.807) is 0 Å². The molecule has 4 nitrogen and oxygen atoms in total. The molecule has 0 saturated carbocycles. The third-order valence-electron chi connectivity index (χ3n) is 4.39. The van der Waals surface area contributed by atoms with Crippen LogP contribution in [0, 0.1) is 0 Å². The van der Waals surface area contributed by atoms with E-state index in [1.165, 1.54) is 16.7 Å². The van der Waals surface area contributed by atoms with E-state index >= 15 is 0 Å². The Morgan fingerprint density at radius 2 is 2.10 bits per heavy atom. The van der Waals surface area contributed by atoms with Gasteiger partial charge in [-0.1, -0.05) is 30.3 Å². The van der Waals surface area contributed by atoms with Crippen LogP contribution in [0.3, 0.4) is 0 Å². The van der Waals surface area contributed by atoms with Gasteiger partial charge in [-0.05, 0) is 29.5 Å². The van der Waals surface area contributed by atoms with Gasteiger partial charge in [0.15, 0.2) is 6.10 Å². The van der Waals surface area contributed by atoms with Crippen LogP contribution in [0.2, 0.25) is 0 Å². The van der Waals surface area contributed by atoms with E-state index in [1.807, 2.05) is 11.0 Å². The Morgan fingerprint density at radius 1 is 1.20 bits per heavy atom. The third kappa shape index (κ3) is 1.87. The molecule has 0 aliphatic carbocycles. The van der Waals surface area contributed by atoms with Gasteiger partial charge in [0.05, 0.1) is 6.10 Å². The summed E-state index contributed by atoms with van der Waals surface area (Å²) in [5.41, 5.74) is 3.83. The lowest BCUT2D eigenvalue weighted by Crippen LogP contribution is -2.43. The predicted octanol–water partition coefficient (Wildman–Crippen LogP) is 1.95. The number of carbonyl (C=O) groups is 1. The lowest BCUT2D eigenvalue weighted by molar-refractivity contribution is -0.141. The van der Waals surface area contributed by atoms with E-state index in [-0.39, 0.29) is 18.8 Å². The molecule has 2 unspecified atom stereocenters. The summed E-state index contributed by atoms with van der Waals surface area (Å²) in [4.78, 5) is 14.6. The summed E-state index contributed by atoms with van der Waals surface area (Å²) >= 11 is 0. The molecule has 0 radical (unpaired) electrons. The van der Waals surface area contributed by atoms with Crippen molar-refractivity contribution in [3.05, 3.63) is 41.5 Å². The molecular weight excluding hydrogens is 254 g/mol. The third-order valence-corrected chi connectivity index (χ3v) is 4.39. The van der Waals surface area contributed by atoms with Crippen molar-refractivity contribution in [3.8, 4) is 0 Å². The monoisotopic (exact) mass is 271 g/mol. The number of rotatable bonds is 0. The van der Waals surface area contributed by atoms with Gasteiger partial charge >= 0.3 is 0 Å². The second-order valence-electron chi connectivity index (χ2n) is 5.54. The van der Waals surface area contributed by atoms with Gasteiger partial charge in [0, 0.05) is 13.1 Å². The van der Waals surface area contributed by atoms with Crippen molar-refractivity contribution in [1.29, 1.82) is 0 Å². The SMILES string of the molecule is O=C1C2OCOC2CC=C2CCN1Cc1ccccc12. The Labute approximate surface area is 118 Å². The molecule has 3 heterocycles. The predicted molar refractivity (Wildman–Crippen MR) is 73.7 cm³/mol. The van der Waals surface area contributed by atoms with Crippen molar-refractivity contribution in [2.24, 2.45) is 0 Å². The second kappa shape index (κ2) is 4.72. The number of hydrogen-bond acceptors (Lipinski definition) is 3. The maximum atomic E-state index is 12.6. The van der Waals surface area contributed by atoms with Crippen LogP contribution < -0.4 is 0 Å². The van der Waals surface area contributed by atoms with Crippen LogP contribution in [0.5, 0.6) is 0 Å². The molecule has 1 saturated heterocycles. The number of amides is 1. The van der Waals surface area contributed by atoms with Crippen molar-refractivity contribution in [3.63, 3.8) is 0 Å². The van der Waals surface area contributed by atoms with Crippen molar-refractivity contribution in [2.75, 3.05) is 13.3 Å². The minimum atomic E-state index is -0.434. The summed E-state index contributed by atoms with van der Waals surface area (Å²) in [6, 6.07) is 8.36. The van der Waals surface area contributed by atoms with Gasteiger partial charge in [0.1, 0.15) is 6.79 Å². The van der Waals surface area contributed by atoms with Gasteiger partial charge in [-0.25, -0.2) is 0 Å². The summed E-state index contributed by atoms with van der Waals surface area (Å²) in [6.07, 6.45) is 3.31. The van der Waals surface area contributed by atoms with E-state index in [2.05, 4.69) is 24.3 Å². The lowest BCUT2D eigenvalue weighted by Gasteiger charge is -2.25. The van der Waals surface area contributed by atoms with Gasteiger partial charge < -0.3 is 14.4 Å².